The number of anilines is 2. The van der Waals surface area contributed by atoms with Gasteiger partial charge in [0.25, 0.3) is 0 Å². The normalized spacial score (nSPS) is 13.9. The molecule has 2 heterocycles. The lowest BCUT2D eigenvalue weighted by Crippen LogP contribution is -2.28. The minimum Gasteiger partial charge on any atom is -0.508 e. The van der Waals surface area contributed by atoms with Crippen molar-refractivity contribution in [3.05, 3.63) is 41.2 Å². The highest BCUT2D eigenvalue weighted by atomic mass is 35.5. The summed E-state index contributed by atoms with van der Waals surface area (Å²) in [7, 11) is 0. The number of rotatable bonds is 1. The highest BCUT2D eigenvalue weighted by Gasteiger charge is 2.20. The highest BCUT2D eigenvalue weighted by Crippen LogP contribution is 2.39. The Hall–Kier alpha value is -1.94. The molecule has 1 aromatic heterocycles. The Bertz CT molecular complexity index is 631. The van der Waals surface area contributed by atoms with E-state index >= 15 is 0 Å². The number of benzene rings is 1. The first-order valence-electron chi connectivity index (χ1n) is 6.00. The predicted octanol–water partition coefficient (Wildman–Crippen LogP) is 3.28. The fourth-order valence-corrected chi connectivity index (χ4v) is 2.27. The van der Waals surface area contributed by atoms with Crippen LogP contribution in [-0.4, -0.2) is 23.2 Å². The van der Waals surface area contributed by atoms with Crippen LogP contribution in [0, 0.1) is 6.92 Å². The smallest absolute Gasteiger partial charge is 0.143 e. The monoisotopic (exact) mass is 276 g/mol. The van der Waals surface area contributed by atoms with Gasteiger partial charge in [-0.15, -0.1) is 0 Å². The van der Waals surface area contributed by atoms with E-state index in [1.54, 1.807) is 24.4 Å². The molecule has 1 aliphatic rings. The number of nitrogens with zero attached hydrogens (tertiary/aromatic N) is 2. The van der Waals surface area contributed by atoms with E-state index in [9.17, 15) is 5.11 Å². The molecule has 0 spiro atoms. The van der Waals surface area contributed by atoms with Crippen LogP contribution < -0.4 is 9.64 Å². The van der Waals surface area contributed by atoms with Crippen LogP contribution in [0.2, 0.25) is 5.15 Å². The van der Waals surface area contributed by atoms with Crippen LogP contribution in [0.4, 0.5) is 11.4 Å². The van der Waals surface area contributed by atoms with Gasteiger partial charge in [-0.2, -0.15) is 0 Å². The Morgan fingerprint density at radius 1 is 1.37 bits per heavy atom. The third-order valence-corrected chi connectivity index (χ3v) is 3.51. The second kappa shape index (κ2) is 4.63. The molecule has 1 aliphatic heterocycles. The third kappa shape index (κ3) is 2.19. The number of phenolic OH excluding ortho intramolecular Hbond substituents is 1. The minimum atomic E-state index is 0.216. The first-order valence-corrected chi connectivity index (χ1v) is 6.38. The minimum absolute atomic E-state index is 0.216. The molecule has 3 rings (SSSR count). The number of aryl methyl sites for hydroxylation is 1. The van der Waals surface area contributed by atoms with Crippen LogP contribution in [0.25, 0.3) is 0 Å². The Kier molecular flexibility index (Phi) is 2.95. The first-order chi connectivity index (χ1) is 9.15. The van der Waals surface area contributed by atoms with E-state index in [2.05, 4.69) is 9.88 Å². The standard InChI is InChI=1S/C14H13ClN2O2/c1-9-6-10(8-16-14(9)15)17-4-5-19-13-3-2-11(18)7-12(13)17/h2-3,6-8,18H,4-5H2,1H3. The average Bonchev–Trinajstić information content (AvgIpc) is 2.41. The lowest BCUT2D eigenvalue weighted by Gasteiger charge is -2.31. The van der Waals surface area contributed by atoms with Crippen molar-refractivity contribution in [2.75, 3.05) is 18.1 Å². The van der Waals surface area contributed by atoms with Gasteiger partial charge in [0, 0.05) is 6.07 Å². The van der Waals surface area contributed by atoms with E-state index < -0.39 is 0 Å². The van der Waals surface area contributed by atoms with Gasteiger partial charge >= 0.3 is 0 Å². The van der Waals surface area contributed by atoms with Crippen molar-refractivity contribution in [1.29, 1.82) is 0 Å². The molecule has 0 fully saturated rings. The van der Waals surface area contributed by atoms with Gasteiger partial charge in [0.1, 0.15) is 23.3 Å². The first kappa shape index (κ1) is 12.1. The van der Waals surface area contributed by atoms with Gasteiger partial charge in [0.05, 0.1) is 24.1 Å². The molecule has 0 radical (unpaired) electrons. The summed E-state index contributed by atoms with van der Waals surface area (Å²) in [6.07, 6.45) is 1.73. The molecule has 0 aliphatic carbocycles. The molecule has 0 atom stereocenters. The molecular weight excluding hydrogens is 264 g/mol. The number of hydrogen-bond donors (Lipinski definition) is 1. The Labute approximate surface area is 116 Å². The topological polar surface area (TPSA) is 45.6 Å². The van der Waals surface area contributed by atoms with Gasteiger partial charge in [-0.25, -0.2) is 4.98 Å². The molecule has 1 N–H and O–H groups in total. The number of pyridine rings is 1. The van der Waals surface area contributed by atoms with Gasteiger partial charge in [0.2, 0.25) is 0 Å². The van der Waals surface area contributed by atoms with E-state index in [-0.39, 0.29) is 5.75 Å². The third-order valence-electron chi connectivity index (χ3n) is 3.12. The zero-order chi connectivity index (χ0) is 13.4. The maximum absolute atomic E-state index is 9.63. The van der Waals surface area contributed by atoms with Crippen molar-refractivity contribution in [2.45, 2.75) is 6.92 Å². The molecule has 0 unspecified atom stereocenters. The van der Waals surface area contributed by atoms with Crippen molar-refractivity contribution in [3.8, 4) is 11.5 Å². The Morgan fingerprint density at radius 3 is 3.00 bits per heavy atom. The number of aromatic hydroxyl groups is 1. The van der Waals surface area contributed by atoms with Crippen LogP contribution in [0.5, 0.6) is 11.5 Å². The summed E-state index contributed by atoms with van der Waals surface area (Å²) in [5, 5.41) is 10.1. The van der Waals surface area contributed by atoms with Gasteiger partial charge in [0.15, 0.2) is 0 Å². The number of halogens is 1. The molecule has 0 bridgehead atoms. The van der Waals surface area contributed by atoms with Crippen LogP contribution in [0.1, 0.15) is 5.56 Å². The van der Waals surface area contributed by atoms with Crippen molar-refractivity contribution >= 4 is 23.0 Å². The highest BCUT2D eigenvalue weighted by molar-refractivity contribution is 6.30. The van der Waals surface area contributed by atoms with E-state index in [0.717, 1.165) is 22.7 Å². The van der Waals surface area contributed by atoms with E-state index in [1.807, 2.05) is 13.0 Å². The molecular formula is C14H13ClN2O2. The van der Waals surface area contributed by atoms with Crippen molar-refractivity contribution in [3.63, 3.8) is 0 Å². The Morgan fingerprint density at radius 2 is 2.21 bits per heavy atom. The fourth-order valence-electron chi connectivity index (χ4n) is 2.17. The summed E-state index contributed by atoms with van der Waals surface area (Å²) in [5.74, 6) is 0.976. The van der Waals surface area contributed by atoms with Gasteiger partial charge in [-0.05, 0) is 30.7 Å². The van der Waals surface area contributed by atoms with Crippen molar-refractivity contribution < 1.29 is 9.84 Å². The second-order valence-electron chi connectivity index (χ2n) is 4.45. The summed E-state index contributed by atoms with van der Waals surface area (Å²) in [6.45, 7) is 3.22. The molecule has 1 aromatic carbocycles. The summed E-state index contributed by atoms with van der Waals surface area (Å²) in [6, 6.07) is 7.06. The molecule has 0 amide bonds. The number of ether oxygens (including phenoxy) is 1. The number of aromatic nitrogens is 1. The van der Waals surface area contributed by atoms with Crippen LogP contribution in [0.15, 0.2) is 30.5 Å². The van der Waals surface area contributed by atoms with Gasteiger partial charge in [-0.1, -0.05) is 11.6 Å². The molecule has 0 saturated heterocycles. The summed E-state index contributed by atoms with van der Waals surface area (Å²) < 4.78 is 5.58. The molecule has 4 nitrogen and oxygen atoms in total. The van der Waals surface area contributed by atoms with Crippen LogP contribution >= 0.6 is 11.6 Å². The van der Waals surface area contributed by atoms with Crippen molar-refractivity contribution in [2.24, 2.45) is 0 Å². The molecule has 98 valence electrons. The maximum Gasteiger partial charge on any atom is 0.143 e. The SMILES string of the molecule is Cc1cc(N2CCOc3ccc(O)cc32)cnc1Cl. The van der Waals surface area contributed by atoms with E-state index in [0.29, 0.717) is 18.3 Å². The predicted molar refractivity (Wildman–Crippen MR) is 74.6 cm³/mol. The van der Waals surface area contributed by atoms with Crippen LogP contribution in [-0.2, 0) is 0 Å². The van der Waals surface area contributed by atoms with Crippen LogP contribution in [0.3, 0.4) is 0 Å². The molecule has 19 heavy (non-hydrogen) atoms. The summed E-state index contributed by atoms with van der Waals surface area (Å²) >= 11 is 5.95. The quantitative estimate of drug-likeness (QED) is 0.812. The largest absolute Gasteiger partial charge is 0.508 e. The zero-order valence-electron chi connectivity index (χ0n) is 10.4. The molecule has 0 saturated carbocycles. The number of hydrogen-bond acceptors (Lipinski definition) is 4. The summed E-state index contributed by atoms with van der Waals surface area (Å²) in [4.78, 5) is 6.23. The van der Waals surface area contributed by atoms with Gasteiger partial charge < -0.3 is 14.7 Å². The van der Waals surface area contributed by atoms with Crippen molar-refractivity contribution in [1.82, 2.24) is 4.98 Å². The van der Waals surface area contributed by atoms with E-state index in [1.165, 1.54) is 0 Å². The van der Waals surface area contributed by atoms with Gasteiger partial charge in [-0.3, -0.25) is 0 Å². The lowest BCUT2D eigenvalue weighted by atomic mass is 10.2. The average molecular weight is 277 g/mol. The zero-order valence-corrected chi connectivity index (χ0v) is 11.2. The fraction of sp³-hybridized carbons (Fsp3) is 0.214. The lowest BCUT2D eigenvalue weighted by molar-refractivity contribution is 0.313. The maximum atomic E-state index is 9.63. The van der Waals surface area contributed by atoms with E-state index in [4.69, 9.17) is 16.3 Å². The molecule has 2 aromatic rings. The molecule has 5 heteroatoms. The number of fused-ring (bicyclic) bond motifs is 1. The number of phenols is 1. The summed E-state index contributed by atoms with van der Waals surface area (Å²) in [5.41, 5.74) is 2.71. The Balaban J connectivity index is 2.07. The second-order valence-corrected chi connectivity index (χ2v) is 4.81.